The average molecular weight is 438 g/mol. The first kappa shape index (κ1) is 18.7. The summed E-state index contributed by atoms with van der Waals surface area (Å²) in [6.45, 7) is 0. The van der Waals surface area contributed by atoms with E-state index in [2.05, 4.69) is 67.6 Å². The van der Waals surface area contributed by atoms with Crippen molar-refractivity contribution in [2.24, 2.45) is 4.99 Å². The van der Waals surface area contributed by atoms with Gasteiger partial charge >= 0.3 is 0 Å². The molecule has 6 aromatic rings. The fourth-order valence-corrected chi connectivity index (χ4v) is 4.96. The van der Waals surface area contributed by atoms with Crippen LogP contribution in [-0.4, -0.2) is 50.5 Å². The maximum absolute atomic E-state index is 4.70. The first-order valence-electron chi connectivity index (χ1n) is 10.2. The molecule has 8 heteroatoms. The van der Waals surface area contributed by atoms with Crippen LogP contribution in [0.4, 0.5) is 5.95 Å². The molecule has 0 aliphatic heterocycles. The number of H-pyrrole nitrogens is 2. The molecule has 32 heavy (non-hydrogen) atoms. The van der Waals surface area contributed by atoms with Crippen LogP contribution >= 0.6 is 11.3 Å². The normalized spacial score (nSPS) is 11.9. The Labute approximate surface area is 187 Å². The fraction of sp³-hybridized carbons (Fsp3) is 0.0833. The van der Waals surface area contributed by atoms with E-state index in [4.69, 9.17) is 4.98 Å². The summed E-state index contributed by atoms with van der Waals surface area (Å²) in [5.41, 5.74) is 5.96. The lowest BCUT2D eigenvalue weighted by atomic mass is 10.0. The first-order valence-corrected chi connectivity index (χ1v) is 11.0. The number of aromatic nitrogens is 5. The zero-order chi connectivity index (χ0) is 21.7. The molecule has 2 N–H and O–H groups in total. The lowest BCUT2D eigenvalue weighted by Gasteiger charge is -2.06. The highest BCUT2D eigenvalue weighted by atomic mass is 32.1. The second kappa shape index (κ2) is 7.28. The number of aliphatic imine (C=N–C) groups is 1. The van der Waals surface area contributed by atoms with Crippen molar-refractivity contribution in [1.29, 1.82) is 0 Å². The summed E-state index contributed by atoms with van der Waals surface area (Å²) in [6.07, 6.45) is 7.32. The van der Waals surface area contributed by atoms with E-state index in [0.29, 0.717) is 5.95 Å². The summed E-state index contributed by atoms with van der Waals surface area (Å²) in [6, 6.07) is 15.0. The Morgan fingerprint density at radius 3 is 2.81 bits per heavy atom. The van der Waals surface area contributed by atoms with Gasteiger partial charge in [-0.3, -0.25) is 5.10 Å². The van der Waals surface area contributed by atoms with Crippen LogP contribution in [0, 0.1) is 0 Å². The van der Waals surface area contributed by atoms with Gasteiger partial charge in [0.25, 0.3) is 5.95 Å². The molecule has 4 aromatic heterocycles. The van der Waals surface area contributed by atoms with Gasteiger partial charge in [0, 0.05) is 46.4 Å². The lowest BCUT2D eigenvalue weighted by molar-refractivity contribution is 0.642. The summed E-state index contributed by atoms with van der Waals surface area (Å²) in [5.74, 6) is 0.432. The van der Waals surface area contributed by atoms with Gasteiger partial charge in [0.2, 0.25) is 0 Å². The third-order valence-electron chi connectivity index (χ3n) is 5.36. The minimum absolute atomic E-state index is 0.432. The van der Waals surface area contributed by atoms with Crippen molar-refractivity contribution >= 4 is 55.6 Å². The molecule has 156 valence electrons. The third-order valence-corrected chi connectivity index (χ3v) is 6.51. The Morgan fingerprint density at radius 2 is 1.94 bits per heavy atom. The van der Waals surface area contributed by atoms with Crippen molar-refractivity contribution in [2.45, 2.75) is 0 Å². The number of benzene rings is 2. The highest BCUT2D eigenvalue weighted by Gasteiger charge is 2.15. The predicted molar refractivity (Wildman–Crippen MR) is 132 cm³/mol. The minimum Gasteiger partial charge on any atom is -0.369 e. The van der Waals surface area contributed by atoms with Crippen LogP contribution < -0.4 is 0 Å². The molecular weight excluding hydrogens is 418 g/mol. The number of hydrogen-bond acceptors (Lipinski definition) is 5. The van der Waals surface area contributed by atoms with Crippen LogP contribution in [0.5, 0.6) is 0 Å². The number of nitrogens with zero attached hydrogens (tertiary/aromatic N) is 5. The fourth-order valence-electron chi connectivity index (χ4n) is 3.87. The Morgan fingerprint density at radius 1 is 1.03 bits per heavy atom. The van der Waals surface area contributed by atoms with Gasteiger partial charge in [-0.25, -0.2) is 15.0 Å². The lowest BCUT2D eigenvalue weighted by Crippen LogP contribution is -2.07. The van der Waals surface area contributed by atoms with Gasteiger partial charge in [0.05, 0.1) is 29.8 Å². The van der Waals surface area contributed by atoms with E-state index in [0.717, 1.165) is 38.6 Å². The van der Waals surface area contributed by atoms with Gasteiger partial charge in [0.15, 0.2) is 0 Å². The van der Waals surface area contributed by atoms with Crippen LogP contribution in [0.1, 0.15) is 0 Å². The van der Waals surface area contributed by atoms with E-state index < -0.39 is 0 Å². The van der Waals surface area contributed by atoms with Crippen molar-refractivity contribution in [3.63, 3.8) is 0 Å². The molecule has 0 aliphatic carbocycles. The van der Waals surface area contributed by atoms with Gasteiger partial charge < -0.3 is 9.88 Å². The van der Waals surface area contributed by atoms with Gasteiger partial charge in [0.1, 0.15) is 5.52 Å². The average Bonchev–Trinajstić information content (AvgIpc) is 3.53. The van der Waals surface area contributed by atoms with Crippen LogP contribution in [0.15, 0.2) is 66.0 Å². The Hall–Kier alpha value is -4.04. The molecule has 0 fully saturated rings. The van der Waals surface area contributed by atoms with Crippen molar-refractivity contribution in [1.82, 2.24) is 30.0 Å². The van der Waals surface area contributed by atoms with E-state index >= 15 is 0 Å². The number of fused-ring (bicyclic) bond motifs is 3. The summed E-state index contributed by atoms with van der Waals surface area (Å²) < 4.78 is 1.27. The molecule has 0 unspecified atom stereocenters. The predicted octanol–water partition coefficient (Wildman–Crippen LogP) is 5.60. The van der Waals surface area contributed by atoms with Gasteiger partial charge in [-0.2, -0.15) is 5.10 Å². The van der Waals surface area contributed by atoms with E-state index in [1.54, 1.807) is 23.9 Å². The largest absolute Gasteiger partial charge is 0.369 e. The number of aromatic amines is 2. The van der Waals surface area contributed by atoms with Crippen LogP contribution in [0.2, 0.25) is 0 Å². The van der Waals surface area contributed by atoms with Crippen molar-refractivity contribution in [3.8, 4) is 21.6 Å². The monoisotopic (exact) mass is 437 g/mol. The van der Waals surface area contributed by atoms with Gasteiger partial charge in [-0.1, -0.05) is 18.2 Å². The smallest absolute Gasteiger partial charge is 0.251 e. The zero-order valence-electron chi connectivity index (χ0n) is 17.5. The van der Waals surface area contributed by atoms with Crippen molar-refractivity contribution in [3.05, 3.63) is 61.1 Å². The minimum atomic E-state index is 0.432. The molecule has 4 heterocycles. The zero-order valence-corrected chi connectivity index (χ0v) is 18.3. The molecule has 0 amide bonds. The molecule has 0 saturated carbocycles. The molecule has 0 saturated heterocycles. The molecular formula is C24H19N7S. The van der Waals surface area contributed by atoms with Gasteiger partial charge in [-0.15, -0.1) is 11.3 Å². The summed E-state index contributed by atoms with van der Waals surface area (Å²) in [7, 11) is 3.83. The number of nitrogens with one attached hydrogen (secondary N) is 2. The standard InChI is InChI=1S/C24H19N7S/c1-31(2)13-27-24-26-12-19-23(29-24)18(11-25-19)15-7-16-10-28-30-22(16)17(8-15)21-9-14-5-3-4-6-20(14)32-21/h3-13,25H,1-2H3,(H,28,30). The molecule has 0 aliphatic rings. The quantitative estimate of drug-likeness (QED) is 0.277. The number of rotatable bonds is 4. The summed E-state index contributed by atoms with van der Waals surface area (Å²) in [4.78, 5) is 19.7. The van der Waals surface area contributed by atoms with Crippen LogP contribution in [0.25, 0.3) is 53.6 Å². The highest BCUT2D eigenvalue weighted by molar-refractivity contribution is 7.22. The van der Waals surface area contributed by atoms with Crippen molar-refractivity contribution < 1.29 is 0 Å². The van der Waals surface area contributed by atoms with Crippen LogP contribution in [0.3, 0.4) is 0 Å². The molecule has 7 nitrogen and oxygen atoms in total. The topological polar surface area (TPSA) is 85.9 Å². The van der Waals surface area contributed by atoms with Gasteiger partial charge in [-0.05, 0) is 35.2 Å². The number of hydrogen-bond donors (Lipinski definition) is 2. The Bertz CT molecular complexity index is 1590. The Kier molecular flexibility index (Phi) is 4.26. The maximum atomic E-state index is 4.70. The SMILES string of the molecule is CN(C)C=Nc1ncc2[nH]cc(-c3cc(-c4cc5ccccc5s4)c4[nH]ncc4c3)c2n1. The molecule has 2 aromatic carbocycles. The molecule has 0 bridgehead atoms. The van der Waals surface area contributed by atoms with E-state index in [-0.39, 0.29) is 0 Å². The van der Waals surface area contributed by atoms with Crippen LogP contribution in [-0.2, 0) is 0 Å². The second-order valence-electron chi connectivity index (χ2n) is 7.85. The highest BCUT2D eigenvalue weighted by Crippen LogP contribution is 2.40. The van der Waals surface area contributed by atoms with Crippen molar-refractivity contribution in [2.75, 3.05) is 14.1 Å². The Balaban J connectivity index is 1.54. The second-order valence-corrected chi connectivity index (χ2v) is 8.93. The van der Waals surface area contributed by atoms with E-state index in [1.807, 2.05) is 31.4 Å². The molecule has 0 radical (unpaired) electrons. The molecule has 6 rings (SSSR count). The summed E-state index contributed by atoms with van der Waals surface area (Å²) in [5, 5.41) is 9.78. The summed E-state index contributed by atoms with van der Waals surface area (Å²) >= 11 is 1.78. The van der Waals surface area contributed by atoms with E-state index in [1.165, 1.54) is 15.0 Å². The first-order chi connectivity index (χ1) is 15.7. The number of thiophene rings is 1. The molecule has 0 spiro atoms. The third kappa shape index (κ3) is 3.12. The molecule has 0 atom stereocenters. The van der Waals surface area contributed by atoms with E-state index in [9.17, 15) is 0 Å². The maximum Gasteiger partial charge on any atom is 0.251 e.